The van der Waals surface area contributed by atoms with Gasteiger partial charge in [0, 0.05) is 12.6 Å². The lowest BCUT2D eigenvalue weighted by Gasteiger charge is -2.06. The summed E-state index contributed by atoms with van der Waals surface area (Å²) in [5.41, 5.74) is 2.04. The number of carbonyl (C=O) groups excluding carboxylic acids is 1. The molecule has 0 fully saturated rings. The largest absolute Gasteiger partial charge is 0.350 e. The molecule has 1 heterocycles. The zero-order chi connectivity index (χ0) is 11.8. The quantitative estimate of drug-likeness (QED) is 0.787. The van der Waals surface area contributed by atoms with Crippen molar-refractivity contribution in [3.05, 3.63) is 29.6 Å². The van der Waals surface area contributed by atoms with E-state index in [4.69, 9.17) is 0 Å². The van der Waals surface area contributed by atoms with Gasteiger partial charge in [-0.05, 0) is 38.6 Å². The van der Waals surface area contributed by atoms with Crippen LogP contribution in [0.25, 0.3) is 0 Å². The van der Waals surface area contributed by atoms with Crippen molar-refractivity contribution in [3.8, 4) is 0 Å². The Morgan fingerprint density at radius 3 is 2.72 bits per heavy atom. The third kappa shape index (κ3) is 7.48. The average molecular weight is 294 g/mol. The molecule has 1 aromatic rings. The smallest absolute Gasteiger partial charge is 0.220 e. The lowest BCUT2D eigenvalue weighted by molar-refractivity contribution is -0.121. The fourth-order valence-electron chi connectivity index (χ4n) is 1.40. The Morgan fingerprint density at radius 1 is 1.39 bits per heavy atom. The van der Waals surface area contributed by atoms with Gasteiger partial charge in [0.25, 0.3) is 0 Å². The van der Waals surface area contributed by atoms with Crippen LogP contribution in [-0.4, -0.2) is 24.5 Å². The van der Waals surface area contributed by atoms with Crippen LogP contribution in [0.4, 0.5) is 0 Å². The first kappa shape index (κ1) is 19.5. The summed E-state index contributed by atoms with van der Waals surface area (Å²) in [5.74, 6) is 0.0836. The number of hydrogen-bond donors (Lipinski definition) is 2. The normalized spacial score (nSPS) is 9.00. The van der Waals surface area contributed by atoms with Crippen molar-refractivity contribution in [1.82, 2.24) is 15.6 Å². The zero-order valence-corrected chi connectivity index (χ0v) is 12.4. The number of rotatable bonds is 6. The number of carbonyl (C=O) groups is 1. The second kappa shape index (κ2) is 11.3. The summed E-state index contributed by atoms with van der Waals surface area (Å²) in [6, 6.07) is 3.89. The topological polar surface area (TPSA) is 54.0 Å². The van der Waals surface area contributed by atoms with Crippen LogP contribution in [0.5, 0.6) is 0 Å². The highest BCUT2D eigenvalue weighted by Gasteiger charge is 2.02. The zero-order valence-electron chi connectivity index (χ0n) is 10.7. The summed E-state index contributed by atoms with van der Waals surface area (Å²) < 4.78 is 0. The van der Waals surface area contributed by atoms with Gasteiger partial charge in [-0.3, -0.25) is 9.78 Å². The lowest BCUT2D eigenvalue weighted by Crippen LogP contribution is -2.24. The highest BCUT2D eigenvalue weighted by atomic mass is 35.5. The summed E-state index contributed by atoms with van der Waals surface area (Å²) in [7, 11) is 1.88. The molecule has 0 unspecified atom stereocenters. The fourth-order valence-corrected chi connectivity index (χ4v) is 1.40. The molecule has 0 bridgehead atoms. The van der Waals surface area contributed by atoms with Crippen LogP contribution in [0, 0.1) is 6.92 Å². The van der Waals surface area contributed by atoms with E-state index in [2.05, 4.69) is 15.6 Å². The summed E-state index contributed by atoms with van der Waals surface area (Å²) in [6.45, 7) is 3.39. The number of pyridine rings is 1. The number of halogens is 2. The molecule has 6 heteroatoms. The summed E-state index contributed by atoms with van der Waals surface area (Å²) >= 11 is 0. The van der Waals surface area contributed by atoms with Crippen LogP contribution in [0.15, 0.2) is 18.3 Å². The number of aromatic nitrogens is 1. The number of hydrogen-bond acceptors (Lipinski definition) is 3. The van der Waals surface area contributed by atoms with E-state index in [1.807, 2.05) is 26.1 Å². The Hall–Kier alpha value is -0.840. The molecular formula is C12H21Cl2N3O. The van der Waals surface area contributed by atoms with Crippen molar-refractivity contribution < 1.29 is 4.79 Å². The van der Waals surface area contributed by atoms with Crippen molar-refractivity contribution in [3.63, 3.8) is 0 Å². The average Bonchev–Trinajstić information content (AvgIpc) is 2.28. The van der Waals surface area contributed by atoms with Crippen LogP contribution >= 0.6 is 24.8 Å². The van der Waals surface area contributed by atoms with E-state index < -0.39 is 0 Å². The fraction of sp³-hybridized carbons (Fsp3) is 0.500. The molecule has 0 atom stereocenters. The van der Waals surface area contributed by atoms with Gasteiger partial charge in [0.1, 0.15) is 0 Å². The molecule has 0 aliphatic heterocycles. The lowest BCUT2D eigenvalue weighted by atomic mass is 10.2. The van der Waals surface area contributed by atoms with Gasteiger partial charge in [-0.15, -0.1) is 24.8 Å². The van der Waals surface area contributed by atoms with Crippen LogP contribution in [0.3, 0.4) is 0 Å². The molecule has 0 aliphatic carbocycles. The van der Waals surface area contributed by atoms with Crippen molar-refractivity contribution in [2.45, 2.75) is 26.3 Å². The summed E-state index contributed by atoms with van der Waals surface area (Å²) in [6.07, 6.45) is 3.17. The van der Waals surface area contributed by atoms with Gasteiger partial charge in [-0.1, -0.05) is 6.07 Å². The molecule has 0 saturated carbocycles. The minimum atomic E-state index is 0. The summed E-state index contributed by atoms with van der Waals surface area (Å²) in [5, 5.41) is 5.88. The molecule has 4 nitrogen and oxygen atoms in total. The van der Waals surface area contributed by atoms with Crippen molar-refractivity contribution in [1.29, 1.82) is 0 Å². The van der Waals surface area contributed by atoms with Gasteiger partial charge >= 0.3 is 0 Å². The monoisotopic (exact) mass is 293 g/mol. The highest BCUT2D eigenvalue weighted by Crippen LogP contribution is 2.02. The van der Waals surface area contributed by atoms with Crippen molar-refractivity contribution in [2.24, 2.45) is 0 Å². The van der Waals surface area contributed by atoms with Crippen LogP contribution in [-0.2, 0) is 11.3 Å². The van der Waals surface area contributed by atoms with Gasteiger partial charge in [0.2, 0.25) is 5.91 Å². The van der Waals surface area contributed by atoms with Crippen LogP contribution in [0.1, 0.15) is 24.1 Å². The third-order valence-corrected chi connectivity index (χ3v) is 2.40. The molecule has 18 heavy (non-hydrogen) atoms. The molecule has 0 spiro atoms. The Kier molecular flexibility index (Phi) is 12.2. The van der Waals surface area contributed by atoms with E-state index in [9.17, 15) is 4.79 Å². The molecule has 0 radical (unpaired) electrons. The first-order chi connectivity index (χ1) is 7.74. The maximum absolute atomic E-state index is 11.4. The minimum absolute atomic E-state index is 0. The number of amides is 1. The SMILES string of the molecule is CNCCCC(=O)NCc1ncccc1C.Cl.Cl. The van der Waals surface area contributed by atoms with Crippen LogP contribution in [0.2, 0.25) is 0 Å². The predicted molar refractivity (Wildman–Crippen MR) is 78.5 cm³/mol. The second-order valence-corrected chi connectivity index (χ2v) is 3.75. The van der Waals surface area contributed by atoms with Crippen LogP contribution < -0.4 is 10.6 Å². The molecule has 2 N–H and O–H groups in total. The first-order valence-electron chi connectivity index (χ1n) is 5.56. The maximum atomic E-state index is 11.4. The van der Waals surface area contributed by atoms with Gasteiger partial charge < -0.3 is 10.6 Å². The van der Waals surface area contributed by atoms with E-state index in [1.165, 1.54) is 0 Å². The Balaban J connectivity index is 0. The second-order valence-electron chi connectivity index (χ2n) is 3.75. The maximum Gasteiger partial charge on any atom is 0.220 e. The molecule has 0 aliphatic rings. The van der Waals surface area contributed by atoms with Gasteiger partial charge in [0.05, 0.1) is 12.2 Å². The predicted octanol–water partition coefficient (Wildman–Crippen LogP) is 1.85. The number of nitrogens with one attached hydrogen (secondary N) is 2. The first-order valence-corrected chi connectivity index (χ1v) is 5.56. The molecule has 1 aromatic heterocycles. The molecule has 1 rings (SSSR count). The minimum Gasteiger partial charge on any atom is -0.350 e. The van der Waals surface area contributed by atoms with E-state index in [0.29, 0.717) is 13.0 Å². The molecular weight excluding hydrogens is 273 g/mol. The van der Waals surface area contributed by atoms with E-state index in [0.717, 1.165) is 24.2 Å². The van der Waals surface area contributed by atoms with Gasteiger partial charge in [-0.25, -0.2) is 0 Å². The van der Waals surface area contributed by atoms with Gasteiger partial charge in [0.15, 0.2) is 0 Å². The molecule has 104 valence electrons. The summed E-state index contributed by atoms with van der Waals surface area (Å²) in [4.78, 5) is 15.7. The Bertz CT molecular complexity index is 348. The molecule has 0 saturated heterocycles. The number of nitrogens with zero attached hydrogens (tertiary/aromatic N) is 1. The van der Waals surface area contributed by atoms with Gasteiger partial charge in [-0.2, -0.15) is 0 Å². The third-order valence-electron chi connectivity index (χ3n) is 2.40. The Morgan fingerprint density at radius 2 is 2.11 bits per heavy atom. The Labute approximate surface area is 121 Å². The molecule has 0 aromatic carbocycles. The molecule has 1 amide bonds. The van der Waals surface area contributed by atoms with E-state index >= 15 is 0 Å². The highest BCUT2D eigenvalue weighted by molar-refractivity contribution is 5.85. The van der Waals surface area contributed by atoms with E-state index in [1.54, 1.807) is 6.20 Å². The van der Waals surface area contributed by atoms with Crippen molar-refractivity contribution in [2.75, 3.05) is 13.6 Å². The number of aryl methyl sites for hydroxylation is 1. The standard InChI is InChI=1S/C12H19N3O.2ClH/c1-10-5-3-8-14-11(10)9-15-12(16)6-4-7-13-2;;/h3,5,8,13H,4,6-7,9H2,1-2H3,(H,15,16);2*1H. The van der Waals surface area contributed by atoms with E-state index in [-0.39, 0.29) is 30.7 Å². The van der Waals surface area contributed by atoms with Crippen molar-refractivity contribution >= 4 is 30.7 Å².